The first-order valence-electron chi connectivity index (χ1n) is 6.69. The molecule has 0 saturated heterocycles. The summed E-state index contributed by atoms with van der Waals surface area (Å²) in [5, 5.41) is 13.3. The monoisotopic (exact) mass is 227 g/mol. The Kier molecular flexibility index (Phi) is 4.81. The van der Waals surface area contributed by atoms with Gasteiger partial charge >= 0.3 is 0 Å². The van der Waals surface area contributed by atoms with Crippen LogP contribution in [0, 0.1) is 17.3 Å². The number of rotatable bonds is 5. The minimum atomic E-state index is -0.196. The third-order valence-electron chi connectivity index (χ3n) is 3.61. The molecule has 96 valence electrons. The van der Waals surface area contributed by atoms with Crippen LogP contribution >= 0.6 is 0 Å². The second kappa shape index (κ2) is 5.50. The van der Waals surface area contributed by atoms with Gasteiger partial charge < -0.3 is 10.4 Å². The molecule has 1 saturated carbocycles. The van der Waals surface area contributed by atoms with Gasteiger partial charge in [-0.2, -0.15) is 0 Å². The highest BCUT2D eigenvalue weighted by molar-refractivity contribution is 4.87. The van der Waals surface area contributed by atoms with Gasteiger partial charge in [0.2, 0.25) is 0 Å². The van der Waals surface area contributed by atoms with Gasteiger partial charge in [0.05, 0.1) is 6.10 Å². The Bertz CT molecular complexity index is 201. The van der Waals surface area contributed by atoms with Crippen LogP contribution in [0.25, 0.3) is 0 Å². The molecule has 1 atom stereocenters. The standard InChI is InChI=1S/C14H29NO/c1-10(2)11-6-12(7-11)15-9-13(16)8-14(3,4)5/h10-13,15-16H,6-9H2,1-5H3. The van der Waals surface area contributed by atoms with Crippen LogP contribution in [0.2, 0.25) is 0 Å². The highest BCUT2D eigenvalue weighted by atomic mass is 16.3. The van der Waals surface area contributed by atoms with E-state index in [1.807, 2.05) is 0 Å². The smallest absolute Gasteiger partial charge is 0.0669 e. The molecule has 1 aliphatic rings. The molecule has 16 heavy (non-hydrogen) atoms. The molecule has 0 radical (unpaired) electrons. The van der Waals surface area contributed by atoms with Crippen molar-refractivity contribution in [2.45, 2.75) is 66.0 Å². The zero-order chi connectivity index (χ0) is 12.3. The molecule has 0 aromatic heterocycles. The first kappa shape index (κ1) is 14.0. The summed E-state index contributed by atoms with van der Waals surface area (Å²) >= 11 is 0. The Hall–Kier alpha value is -0.0800. The maximum absolute atomic E-state index is 9.87. The molecule has 0 aromatic carbocycles. The van der Waals surface area contributed by atoms with Crippen LogP contribution in [0.4, 0.5) is 0 Å². The van der Waals surface area contributed by atoms with Crippen LogP contribution in [-0.4, -0.2) is 23.8 Å². The van der Waals surface area contributed by atoms with Crippen molar-refractivity contribution >= 4 is 0 Å². The van der Waals surface area contributed by atoms with Gasteiger partial charge in [0, 0.05) is 12.6 Å². The fraction of sp³-hybridized carbons (Fsp3) is 1.00. The number of nitrogens with one attached hydrogen (secondary N) is 1. The van der Waals surface area contributed by atoms with E-state index in [1.54, 1.807) is 0 Å². The summed E-state index contributed by atoms with van der Waals surface area (Å²) in [4.78, 5) is 0. The van der Waals surface area contributed by atoms with E-state index in [9.17, 15) is 5.11 Å². The Morgan fingerprint density at radius 3 is 2.25 bits per heavy atom. The van der Waals surface area contributed by atoms with Crippen LogP contribution < -0.4 is 5.32 Å². The lowest BCUT2D eigenvalue weighted by molar-refractivity contribution is 0.0984. The first-order chi connectivity index (χ1) is 7.28. The average molecular weight is 227 g/mol. The predicted octanol–water partition coefficient (Wildman–Crippen LogP) is 2.81. The van der Waals surface area contributed by atoms with Gasteiger partial charge in [0.25, 0.3) is 0 Å². The maximum Gasteiger partial charge on any atom is 0.0669 e. The maximum atomic E-state index is 9.87. The normalized spacial score (nSPS) is 27.9. The topological polar surface area (TPSA) is 32.3 Å². The number of aliphatic hydroxyl groups excluding tert-OH is 1. The number of aliphatic hydroxyl groups is 1. The molecule has 1 unspecified atom stereocenters. The molecule has 2 N–H and O–H groups in total. The van der Waals surface area contributed by atoms with E-state index in [2.05, 4.69) is 39.9 Å². The molecule has 1 fully saturated rings. The van der Waals surface area contributed by atoms with Crippen molar-refractivity contribution < 1.29 is 5.11 Å². The van der Waals surface area contributed by atoms with Crippen molar-refractivity contribution in [2.75, 3.05) is 6.54 Å². The number of hydrogen-bond donors (Lipinski definition) is 2. The summed E-state index contributed by atoms with van der Waals surface area (Å²) in [5.41, 5.74) is 0.223. The Balaban J connectivity index is 2.08. The molecule has 0 amide bonds. The highest BCUT2D eigenvalue weighted by Gasteiger charge is 2.31. The van der Waals surface area contributed by atoms with Crippen LogP contribution in [0.15, 0.2) is 0 Å². The van der Waals surface area contributed by atoms with Gasteiger partial charge in [-0.1, -0.05) is 34.6 Å². The molecule has 0 spiro atoms. The Morgan fingerprint density at radius 2 is 1.81 bits per heavy atom. The minimum absolute atomic E-state index is 0.196. The van der Waals surface area contributed by atoms with E-state index in [0.29, 0.717) is 6.04 Å². The second-order valence-electron chi connectivity index (χ2n) is 7.00. The van der Waals surface area contributed by atoms with E-state index < -0.39 is 0 Å². The lowest BCUT2D eigenvalue weighted by Gasteiger charge is -2.39. The van der Waals surface area contributed by atoms with E-state index in [1.165, 1.54) is 12.8 Å². The van der Waals surface area contributed by atoms with Crippen molar-refractivity contribution in [3.8, 4) is 0 Å². The summed E-state index contributed by atoms with van der Waals surface area (Å²) in [6.45, 7) is 11.9. The van der Waals surface area contributed by atoms with Gasteiger partial charge in [-0.25, -0.2) is 0 Å². The predicted molar refractivity (Wildman–Crippen MR) is 69.4 cm³/mol. The minimum Gasteiger partial charge on any atom is -0.392 e. The molecular weight excluding hydrogens is 198 g/mol. The van der Waals surface area contributed by atoms with Gasteiger partial charge in [0.15, 0.2) is 0 Å². The van der Waals surface area contributed by atoms with E-state index >= 15 is 0 Å². The highest BCUT2D eigenvalue weighted by Crippen LogP contribution is 2.33. The SMILES string of the molecule is CC(C)C1CC(NCC(O)CC(C)(C)C)C1. The molecule has 0 aromatic rings. The second-order valence-corrected chi connectivity index (χ2v) is 7.00. The summed E-state index contributed by atoms with van der Waals surface area (Å²) in [5.74, 6) is 1.72. The van der Waals surface area contributed by atoms with Crippen molar-refractivity contribution in [3.63, 3.8) is 0 Å². The first-order valence-corrected chi connectivity index (χ1v) is 6.69. The van der Waals surface area contributed by atoms with Crippen LogP contribution in [0.5, 0.6) is 0 Å². The Morgan fingerprint density at radius 1 is 1.25 bits per heavy atom. The summed E-state index contributed by atoms with van der Waals surface area (Å²) < 4.78 is 0. The molecule has 2 nitrogen and oxygen atoms in total. The zero-order valence-corrected chi connectivity index (χ0v) is 11.6. The molecule has 2 heteroatoms. The summed E-state index contributed by atoms with van der Waals surface area (Å²) in [6, 6.07) is 0.655. The van der Waals surface area contributed by atoms with E-state index in [0.717, 1.165) is 24.8 Å². The molecule has 1 rings (SSSR count). The van der Waals surface area contributed by atoms with Crippen LogP contribution in [-0.2, 0) is 0 Å². The molecular formula is C14H29NO. The Labute approximate surface area is 101 Å². The fourth-order valence-electron chi connectivity index (χ4n) is 2.45. The number of hydrogen-bond acceptors (Lipinski definition) is 2. The molecule has 0 heterocycles. The third-order valence-corrected chi connectivity index (χ3v) is 3.61. The average Bonchev–Trinajstić information content (AvgIpc) is 1.96. The van der Waals surface area contributed by atoms with Crippen molar-refractivity contribution in [1.29, 1.82) is 0 Å². The molecule has 0 bridgehead atoms. The van der Waals surface area contributed by atoms with E-state index in [4.69, 9.17) is 0 Å². The lowest BCUT2D eigenvalue weighted by atomic mass is 9.73. The summed E-state index contributed by atoms with van der Waals surface area (Å²) in [6.07, 6.45) is 3.26. The van der Waals surface area contributed by atoms with Crippen LogP contribution in [0.3, 0.4) is 0 Å². The summed E-state index contributed by atoms with van der Waals surface area (Å²) in [7, 11) is 0. The third kappa shape index (κ3) is 4.84. The molecule has 0 aliphatic heterocycles. The molecule has 1 aliphatic carbocycles. The van der Waals surface area contributed by atoms with Crippen LogP contribution in [0.1, 0.15) is 53.9 Å². The van der Waals surface area contributed by atoms with Gasteiger partial charge in [-0.3, -0.25) is 0 Å². The largest absolute Gasteiger partial charge is 0.392 e. The zero-order valence-electron chi connectivity index (χ0n) is 11.6. The van der Waals surface area contributed by atoms with Crippen molar-refractivity contribution in [1.82, 2.24) is 5.32 Å². The lowest BCUT2D eigenvalue weighted by Crippen LogP contribution is -2.46. The van der Waals surface area contributed by atoms with E-state index in [-0.39, 0.29) is 11.5 Å². The van der Waals surface area contributed by atoms with Crippen molar-refractivity contribution in [3.05, 3.63) is 0 Å². The van der Waals surface area contributed by atoms with Crippen molar-refractivity contribution in [2.24, 2.45) is 17.3 Å². The quantitative estimate of drug-likeness (QED) is 0.757. The fourth-order valence-corrected chi connectivity index (χ4v) is 2.45. The van der Waals surface area contributed by atoms with Gasteiger partial charge in [0.1, 0.15) is 0 Å². The van der Waals surface area contributed by atoms with Gasteiger partial charge in [-0.15, -0.1) is 0 Å². The van der Waals surface area contributed by atoms with Gasteiger partial charge in [-0.05, 0) is 36.5 Å².